The lowest BCUT2D eigenvalue weighted by Crippen LogP contribution is -2.31. The molecule has 0 saturated carbocycles. The van der Waals surface area contributed by atoms with Crippen LogP contribution in [0.15, 0.2) is 30.3 Å². The lowest BCUT2D eigenvalue weighted by molar-refractivity contribution is -0.123. The van der Waals surface area contributed by atoms with Crippen LogP contribution in [0.4, 0.5) is 0 Å². The van der Waals surface area contributed by atoms with E-state index in [1.54, 1.807) is 0 Å². The smallest absolute Gasteiger partial charge is 0.258 e. The van der Waals surface area contributed by atoms with Crippen LogP contribution in [0.5, 0.6) is 5.75 Å². The van der Waals surface area contributed by atoms with E-state index in [9.17, 15) is 4.79 Å². The number of aryl methyl sites for hydroxylation is 5. The van der Waals surface area contributed by atoms with Crippen LogP contribution < -0.4 is 10.1 Å². The molecule has 3 rings (SSSR count). The average Bonchev–Trinajstić information content (AvgIpc) is 2.62. The van der Waals surface area contributed by atoms with E-state index < -0.39 is 0 Å². The van der Waals surface area contributed by atoms with E-state index in [1.165, 1.54) is 40.7 Å². The Balaban J connectivity index is 1.58. The van der Waals surface area contributed by atoms with E-state index in [4.69, 9.17) is 4.74 Å². The van der Waals surface area contributed by atoms with E-state index in [1.807, 2.05) is 13.0 Å². The Morgan fingerprint density at radius 2 is 1.69 bits per heavy atom. The molecule has 1 aliphatic carbocycles. The molecule has 0 unspecified atom stereocenters. The minimum absolute atomic E-state index is 0.0334. The first-order valence-electron chi connectivity index (χ1n) is 9.56. The molecule has 26 heavy (non-hydrogen) atoms. The van der Waals surface area contributed by atoms with Crippen molar-refractivity contribution in [2.45, 2.75) is 59.4 Å². The minimum atomic E-state index is -0.0900. The highest BCUT2D eigenvalue weighted by atomic mass is 16.5. The first-order chi connectivity index (χ1) is 12.4. The zero-order chi connectivity index (χ0) is 18.7. The first-order valence-corrected chi connectivity index (χ1v) is 9.56. The molecule has 1 aliphatic rings. The monoisotopic (exact) mass is 351 g/mol. The molecule has 0 saturated heterocycles. The molecule has 0 heterocycles. The van der Waals surface area contributed by atoms with Gasteiger partial charge in [-0.2, -0.15) is 0 Å². The third-order valence-electron chi connectivity index (χ3n) is 5.42. The summed E-state index contributed by atoms with van der Waals surface area (Å²) in [5.41, 5.74) is 7.68. The van der Waals surface area contributed by atoms with Crippen LogP contribution >= 0.6 is 0 Å². The van der Waals surface area contributed by atoms with E-state index in [2.05, 4.69) is 50.4 Å². The van der Waals surface area contributed by atoms with Gasteiger partial charge in [-0.05, 0) is 98.9 Å². The van der Waals surface area contributed by atoms with Crippen molar-refractivity contribution in [2.24, 2.45) is 0 Å². The molecular weight excluding hydrogens is 322 g/mol. The minimum Gasteiger partial charge on any atom is -0.484 e. The first kappa shape index (κ1) is 18.5. The molecule has 2 aromatic rings. The summed E-state index contributed by atoms with van der Waals surface area (Å²) in [6.45, 7) is 8.38. The summed E-state index contributed by atoms with van der Waals surface area (Å²) in [6, 6.07) is 10.5. The normalized spacial score (nSPS) is 14.5. The van der Waals surface area contributed by atoms with Crippen molar-refractivity contribution in [3.63, 3.8) is 0 Å². The van der Waals surface area contributed by atoms with Gasteiger partial charge in [-0.1, -0.05) is 18.2 Å². The van der Waals surface area contributed by atoms with Gasteiger partial charge in [0.1, 0.15) is 5.75 Å². The van der Waals surface area contributed by atoms with Gasteiger partial charge in [-0.25, -0.2) is 0 Å². The molecule has 0 aliphatic heterocycles. The lowest BCUT2D eigenvalue weighted by Gasteiger charge is -2.19. The summed E-state index contributed by atoms with van der Waals surface area (Å²) in [6.07, 6.45) is 4.78. The Morgan fingerprint density at radius 3 is 2.46 bits per heavy atom. The highest BCUT2D eigenvalue weighted by Crippen LogP contribution is 2.25. The van der Waals surface area contributed by atoms with Crippen molar-refractivity contribution < 1.29 is 9.53 Å². The van der Waals surface area contributed by atoms with Crippen LogP contribution in [-0.2, 0) is 17.6 Å². The molecule has 0 aromatic heterocycles. The predicted molar refractivity (Wildman–Crippen MR) is 106 cm³/mol. The number of nitrogens with one attached hydrogen (secondary N) is 1. The largest absolute Gasteiger partial charge is 0.484 e. The van der Waals surface area contributed by atoms with Crippen LogP contribution in [0.2, 0.25) is 0 Å². The van der Waals surface area contributed by atoms with Crippen molar-refractivity contribution in [3.05, 3.63) is 63.7 Å². The van der Waals surface area contributed by atoms with Gasteiger partial charge in [0.05, 0.1) is 6.04 Å². The second-order valence-corrected chi connectivity index (χ2v) is 7.51. The number of carbonyl (C=O) groups is 1. The number of carbonyl (C=O) groups excluding carboxylic acids is 1. The number of hydrogen-bond acceptors (Lipinski definition) is 2. The van der Waals surface area contributed by atoms with Gasteiger partial charge in [0.25, 0.3) is 5.91 Å². The fourth-order valence-corrected chi connectivity index (χ4v) is 3.76. The second kappa shape index (κ2) is 7.94. The standard InChI is InChI=1S/C23H29NO2/c1-15-11-17(3)22(12-16(15)2)18(4)24-23(25)14-26-21-10-9-19-7-5-6-8-20(19)13-21/h9-13,18H,5-8,14H2,1-4H3,(H,24,25)/t18-/m1/s1. The molecule has 0 radical (unpaired) electrons. The number of ether oxygens (including phenoxy) is 1. The van der Waals surface area contributed by atoms with Crippen molar-refractivity contribution in [1.82, 2.24) is 5.32 Å². The Labute approximate surface area is 156 Å². The quantitative estimate of drug-likeness (QED) is 0.844. The third kappa shape index (κ3) is 4.27. The summed E-state index contributed by atoms with van der Waals surface area (Å²) in [5.74, 6) is 0.698. The van der Waals surface area contributed by atoms with Crippen LogP contribution in [0, 0.1) is 20.8 Å². The second-order valence-electron chi connectivity index (χ2n) is 7.51. The number of rotatable bonds is 5. The Bertz CT molecular complexity index is 810. The van der Waals surface area contributed by atoms with Crippen molar-refractivity contribution in [3.8, 4) is 5.75 Å². The maximum Gasteiger partial charge on any atom is 0.258 e. The summed E-state index contributed by atoms with van der Waals surface area (Å²) in [7, 11) is 0. The number of amides is 1. The van der Waals surface area contributed by atoms with E-state index >= 15 is 0 Å². The van der Waals surface area contributed by atoms with E-state index in [-0.39, 0.29) is 18.6 Å². The van der Waals surface area contributed by atoms with Gasteiger partial charge < -0.3 is 10.1 Å². The zero-order valence-electron chi connectivity index (χ0n) is 16.3. The van der Waals surface area contributed by atoms with E-state index in [0.717, 1.165) is 24.2 Å². The van der Waals surface area contributed by atoms with Gasteiger partial charge in [0, 0.05) is 0 Å². The fourth-order valence-electron chi connectivity index (χ4n) is 3.76. The average molecular weight is 351 g/mol. The summed E-state index contributed by atoms with van der Waals surface area (Å²) >= 11 is 0. The Morgan fingerprint density at radius 1 is 1.00 bits per heavy atom. The van der Waals surface area contributed by atoms with E-state index in [0.29, 0.717) is 0 Å². The lowest BCUT2D eigenvalue weighted by atomic mass is 9.92. The van der Waals surface area contributed by atoms with Gasteiger partial charge in [-0.15, -0.1) is 0 Å². The highest BCUT2D eigenvalue weighted by molar-refractivity contribution is 5.78. The topological polar surface area (TPSA) is 38.3 Å². The molecular formula is C23H29NO2. The number of hydrogen-bond donors (Lipinski definition) is 1. The van der Waals surface area contributed by atoms with Gasteiger partial charge in [0.2, 0.25) is 0 Å². The molecule has 0 bridgehead atoms. The predicted octanol–water partition coefficient (Wildman–Crippen LogP) is 4.75. The van der Waals surface area contributed by atoms with Crippen LogP contribution in [0.1, 0.15) is 59.2 Å². The van der Waals surface area contributed by atoms with Crippen molar-refractivity contribution in [2.75, 3.05) is 6.61 Å². The molecule has 1 N–H and O–H groups in total. The number of fused-ring (bicyclic) bond motifs is 1. The maximum atomic E-state index is 12.3. The number of benzene rings is 2. The SMILES string of the molecule is Cc1cc(C)c([C@@H](C)NC(=O)COc2ccc3c(c2)CCCC3)cc1C. The summed E-state index contributed by atoms with van der Waals surface area (Å²) in [4.78, 5) is 12.3. The van der Waals surface area contributed by atoms with Gasteiger partial charge in [-0.3, -0.25) is 4.79 Å². The van der Waals surface area contributed by atoms with Crippen molar-refractivity contribution in [1.29, 1.82) is 0 Å². The molecule has 3 nitrogen and oxygen atoms in total. The molecule has 0 fully saturated rings. The summed E-state index contributed by atoms with van der Waals surface area (Å²) in [5, 5.41) is 3.05. The molecule has 138 valence electrons. The van der Waals surface area contributed by atoms with Crippen molar-refractivity contribution >= 4 is 5.91 Å². The molecule has 0 spiro atoms. The Hall–Kier alpha value is -2.29. The fraction of sp³-hybridized carbons (Fsp3) is 0.435. The molecule has 1 amide bonds. The zero-order valence-corrected chi connectivity index (χ0v) is 16.3. The highest BCUT2D eigenvalue weighted by Gasteiger charge is 2.14. The molecule has 2 aromatic carbocycles. The van der Waals surface area contributed by atoms with Gasteiger partial charge in [0.15, 0.2) is 6.61 Å². The van der Waals surface area contributed by atoms with Crippen LogP contribution in [0.3, 0.4) is 0 Å². The van der Waals surface area contributed by atoms with Gasteiger partial charge >= 0.3 is 0 Å². The third-order valence-corrected chi connectivity index (χ3v) is 5.42. The maximum absolute atomic E-state index is 12.3. The Kier molecular flexibility index (Phi) is 5.65. The molecule has 1 atom stereocenters. The van der Waals surface area contributed by atoms with Crippen LogP contribution in [0.25, 0.3) is 0 Å². The van der Waals surface area contributed by atoms with Crippen LogP contribution in [-0.4, -0.2) is 12.5 Å². The molecule has 3 heteroatoms. The summed E-state index contributed by atoms with van der Waals surface area (Å²) < 4.78 is 5.73.